The van der Waals surface area contributed by atoms with Crippen LogP contribution in [0.5, 0.6) is 5.75 Å². The minimum absolute atomic E-state index is 0.0343. The molecule has 2 aromatic carbocycles. The lowest BCUT2D eigenvalue weighted by atomic mass is 9.83. The Hall–Kier alpha value is -3.43. The summed E-state index contributed by atoms with van der Waals surface area (Å²) < 4.78 is 6.47. The van der Waals surface area contributed by atoms with Crippen LogP contribution in [-0.4, -0.2) is 104 Å². The highest BCUT2D eigenvalue weighted by Crippen LogP contribution is 2.41. The van der Waals surface area contributed by atoms with Crippen LogP contribution < -0.4 is 9.64 Å². The molecule has 43 heavy (non-hydrogen) atoms. The Morgan fingerprint density at radius 1 is 1.09 bits per heavy atom. The summed E-state index contributed by atoms with van der Waals surface area (Å²) >= 11 is 0. The Balaban J connectivity index is 1.64. The highest BCUT2D eigenvalue weighted by molar-refractivity contribution is 5.95. The van der Waals surface area contributed by atoms with Gasteiger partial charge in [0.2, 0.25) is 11.8 Å². The van der Waals surface area contributed by atoms with Gasteiger partial charge in [0.1, 0.15) is 12.3 Å². The van der Waals surface area contributed by atoms with Gasteiger partial charge in [-0.1, -0.05) is 37.6 Å². The average Bonchev–Trinajstić information content (AvgIpc) is 3.55. The van der Waals surface area contributed by atoms with Crippen LogP contribution in [-0.2, 0) is 27.3 Å². The number of carboxylic acids is 1. The van der Waals surface area contributed by atoms with Crippen molar-refractivity contribution in [1.29, 1.82) is 0 Å². The maximum Gasteiger partial charge on any atom is 0.308 e. The fourth-order valence-corrected chi connectivity index (χ4v) is 6.45. The molecule has 4 rings (SSSR count). The Labute approximate surface area is 256 Å². The van der Waals surface area contributed by atoms with E-state index in [1.54, 1.807) is 11.9 Å². The van der Waals surface area contributed by atoms with Crippen LogP contribution in [0.2, 0.25) is 0 Å². The van der Waals surface area contributed by atoms with Gasteiger partial charge >= 0.3 is 5.97 Å². The molecule has 0 bridgehead atoms. The molecule has 2 amide bonds. The predicted octanol–water partition coefficient (Wildman–Crippen LogP) is 4.00. The van der Waals surface area contributed by atoms with Crippen molar-refractivity contribution in [3.8, 4) is 5.75 Å². The number of rotatable bonds is 13. The molecule has 2 heterocycles. The van der Waals surface area contributed by atoms with E-state index in [-0.39, 0.29) is 24.3 Å². The number of carbonyl (C=O) groups is 3. The average molecular weight is 594 g/mol. The molecule has 0 aromatic heterocycles. The van der Waals surface area contributed by atoms with Crippen molar-refractivity contribution in [2.45, 2.75) is 58.0 Å². The lowest BCUT2D eigenvalue weighted by molar-refractivity contribution is -0.884. The molecule has 234 valence electrons. The summed E-state index contributed by atoms with van der Waals surface area (Å²) in [6.07, 6.45) is 3.11. The van der Waals surface area contributed by atoms with Crippen molar-refractivity contribution < 1.29 is 28.7 Å². The van der Waals surface area contributed by atoms with Crippen LogP contribution >= 0.6 is 0 Å². The molecule has 1 saturated heterocycles. The fourth-order valence-electron chi connectivity index (χ4n) is 6.45. The maximum absolute atomic E-state index is 14.1. The van der Waals surface area contributed by atoms with Gasteiger partial charge < -0.3 is 24.1 Å². The van der Waals surface area contributed by atoms with E-state index in [4.69, 9.17) is 4.74 Å². The van der Waals surface area contributed by atoms with Gasteiger partial charge in [-0.2, -0.15) is 0 Å². The number of amides is 2. The normalized spacial score (nSPS) is 20.0. The molecule has 0 saturated carbocycles. The molecule has 1 unspecified atom stereocenters. The van der Waals surface area contributed by atoms with Gasteiger partial charge in [0.05, 0.1) is 40.2 Å². The largest absolute Gasteiger partial charge is 0.493 e. The topological polar surface area (TPSA) is 90.4 Å². The second kappa shape index (κ2) is 13.9. The highest BCUT2D eigenvalue weighted by atomic mass is 16.5. The molecular weight excluding hydrogens is 544 g/mol. The summed E-state index contributed by atoms with van der Waals surface area (Å²) in [5.41, 5.74) is 4.11. The van der Waals surface area contributed by atoms with Gasteiger partial charge in [0.15, 0.2) is 0 Å². The van der Waals surface area contributed by atoms with E-state index in [1.807, 2.05) is 29.2 Å². The van der Waals surface area contributed by atoms with Gasteiger partial charge in [-0.15, -0.1) is 0 Å². The van der Waals surface area contributed by atoms with E-state index in [0.29, 0.717) is 32.7 Å². The van der Waals surface area contributed by atoms with Crippen molar-refractivity contribution in [2.75, 3.05) is 65.9 Å². The van der Waals surface area contributed by atoms with Gasteiger partial charge in [0, 0.05) is 63.2 Å². The second-order valence-electron chi connectivity index (χ2n) is 13.2. The summed E-state index contributed by atoms with van der Waals surface area (Å²) in [5, 5.41) is 10.5. The first-order valence-corrected chi connectivity index (χ1v) is 15.5. The Kier molecular flexibility index (Phi) is 10.5. The third-order valence-corrected chi connectivity index (χ3v) is 8.73. The number of likely N-dealkylation sites (tertiary alicyclic amines) is 1. The molecule has 0 radical (unpaired) electrons. The van der Waals surface area contributed by atoms with Crippen LogP contribution in [0.3, 0.4) is 0 Å². The Morgan fingerprint density at radius 2 is 1.86 bits per heavy atom. The molecule has 2 aliphatic rings. The number of nitrogens with zero attached hydrogens (tertiary/aromatic N) is 4. The van der Waals surface area contributed by atoms with Crippen molar-refractivity contribution in [3.63, 3.8) is 0 Å². The molecule has 0 spiro atoms. The molecule has 2 aliphatic heterocycles. The van der Waals surface area contributed by atoms with Gasteiger partial charge in [-0.05, 0) is 42.2 Å². The number of hydrogen-bond donors (Lipinski definition) is 1. The monoisotopic (exact) mass is 593 g/mol. The van der Waals surface area contributed by atoms with Crippen LogP contribution in [0.15, 0.2) is 42.5 Å². The first kappa shape index (κ1) is 32.5. The summed E-state index contributed by atoms with van der Waals surface area (Å²) in [6, 6.07) is 13.8. The number of carboxylic acid groups (broad SMARTS) is 1. The smallest absolute Gasteiger partial charge is 0.308 e. The molecule has 3 atom stereocenters. The Bertz CT molecular complexity index is 1310. The number of anilines is 1. The number of ether oxygens (including phenoxy) is 1. The van der Waals surface area contributed by atoms with E-state index in [2.05, 4.69) is 51.2 Å². The number of quaternary nitrogens is 1. The van der Waals surface area contributed by atoms with Crippen molar-refractivity contribution >= 4 is 23.5 Å². The van der Waals surface area contributed by atoms with Crippen LogP contribution in [0, 0.1) is 5.92 Å². The summed E-state index contributed by atoms with van der Waals surface area (Å²) in [5.74, 6) is -1.09. The van der Waals surface area contributed by atoms with E-state index in [0.717, 1.165) is 58.4 Å². The lowest BCUT2D eigenvalue weighted by Gasteiger charge is -2.31. The molecule has 9 nitrogen and oxygen atoms in total. The van der Waals surface area contributed by atoms with Gasteiger partial charge in [-0.25, -0.2) is 0 Å². The molecule has 1 fully saturated rings. The van der Waals surface area contributed by atoms with Crippen LogP contribution in [0.25, 0.3) is 0 Å². The number of unbranched alkanes of at least 4 members (excludes halogenated alkanes) is 1. The summed E-state index contributed by atoms with van der Waals surface area (Å²) in [7, 11) is 8.17. The number of carbonyl (C=O) groups excluding carboxylic acids is 2. The van der Waals surface area contributed by atoms with Gasteiger partial charge in [0.25, 0.3) is 0 Å². The van der Waals surface area contributed by atoms with Crippen LogP contribution in [0.1, 0.15) is 55.7 Å². The first-order valence-electron chi connectivity index (χ1n) is 15.5. The predicted molar refractivity (Wildman–Crippen MR) is 168 cm³/mol. The van der Waals surface area contributed by atoms with E-state index in [1.165, 1.54) is 6.92 Å². The summed E-state index contributed by atoms with van der Waals surface area (Å²) in [4.78, 5) is 44.5. The number of fused-ring (bicyclic) bond motifs is 1. The highest BCUT2D eigenvalue weighted by Gasteiger charge is 2.47. The minimum Gasteiger partial charge on any atom is -0.493 e. The number of benzene rings is 2. The van der Waals surface area contributed by atoms with E-state index in [9.17, 15) is 19.5 Å². The number of aliphatic carboxylic acids is 1. The zero-order chi connectivity index (χ0) is 31.3. The molecular formula is C34H49N4O5+. The fraction of sp³-hybridized carbons (Fsp3) is 0.559. The Morgan fingerprint density at radius 3 is 2.53 bits per heavy atom. The quantitative estimate of drug-likeness (QED) is 0.353. The standard InChI is InChI=1S/C34H48N4O5/c1-7-8-16-37(28-11-9-10-25(19-28)23-38(4,5)6)32(40)22-36-21-29(26-12-13-31-27(20-26)15-18-43-31)33(34(41)42)30(36)14-17-35(3)24(2)39/h9-13,19-20,29-30,33H,7-8,14-18,21-23H2,1-6H3/p+1/t29-,30+,33?/m1/s1. The number of hydrogen-bond acceptors (Lipinski definition) is 5. The molecule has 9 heteroatoms. The van der Waals surface area contributed by atoms with Crippen molar-refractivity contribution in [2.24, 2.45) is 5.92 Å². The maximum atomic E-state index is 14.1. The van der Waals surface area contributed by atoms with Crippen molar-refractivity contribution in [3.05, 3.63) is 59.2 Å². The third-order valence-electron chi connectivity index (χ3n) is 8.73. The molecule has 1 N–H and O–H groups in total. The zero-order valence-electron chi connectivity index (χ0n) is 26.7. The van der Waals surface area contributed by atoms with Gasteiger partial charge in [-0.3, -0.25) is 19.3 Å². The van der Waals surface area contributed by atoms with Crippen LogP contribution in [0.4, 0.5) is 5.69 Å². The third kappa shape index (κ3) is 8.15. The van der Waals surface area contributed by atoms with E-state index >= 15 is 0 Å². The van der Waals surface area contributed by atoms with E-state index < -0.39 is 17.9 Å². The minimum atomic E-state index is -0.872. The second-order valence-corrected chi connectivity index (χ2v) is 13.2. The first-order chi connectivity index (χ1) is 20.4. The summed E-state index contributed by atoms with van der Waals surface area (Å²) in [6.45, 7) is 6.70. The molecule has 2 aromatic rings. The van der Waals surface area contributed by atoms with Crippen molar-refractivity contribution in [1.82, 2.24) is 9.80 Å². The SMILES string of the molecule is CCCCN(C(=O)CN1C[C@H](c2ccc3c(c2)CCO3)C(C(=O)O)[C@@H]1CCN(C)C(C)=O)c1cccc(C[N+](C)(C)C)c1. The molecule has 0 aliphatic carbocycles. The lowest BCUT2D eigenvalue weighted by Crippen LogP contribution is -2.45. The zero-order valence-corrected chi connectivity index (χ0v) is 26.7.